The van der Waals surface area contributed by atoms with E-state index in [2.05, 4.69) is 5.32 Å². The number of carbonyl (C=O) groups excluding carboxylic acids is 2. The molecule has 1 fully saturated rings. The topological polar surface area (TPSA) is 86.7 Å². The van der Waals surface area contributed by atoms with Gasteiger partial charge in [0, 0.05) is 0 Å². The Morgan fingerprint density at radius 2 is 2.25 bits per heavy atom. The zero-order chi connectivity index (χ0) is 12.1. The van der Waals surface area contributed by atoms with Gasteiger partial charge in [0.15, 0.2) is 0 Å². The van der Waals surface area contributed by atoms with Crippen LogP contribution in [0.5, 0.6) is 0 Å². The molecular weight excluding hydrogens is 212 g/mol. The fourth-order valence-corrected chi connectivity index (χ4v) is 1.67. The van der Waals surface area contributed by atoms with Crippen LogP contribution in [-0.4, -0.2) is 46.9 Å². The Labute approximate surface area is 93.6 Å². The molecule has 1 atom stereocenters. The highest BCUT2D eigenvalue weighted by Gasteiger charge is 2.32. The molecule has 6 nitrogen and oxygen atoms in total. The predicted molar refractivity (Wildman–Crippen MR) is 55.7 cm³/mol. The van der Waals surface area contributed by atoms with Crippen molar-refractivity contribution in [1.29, 1.82) is 0 Å². The second-order valence-corrected chi connectivity index (χ2v) is 3.85. The third kappa shape index (κ3) is 3.22. The van der Waals surface area contributed by atoms with Gasteiger partial charge in [0.25, 0.3) is 0 Å². The maximum atomic E-state index is 11.8. The van der Waals surface area contributed by atoms with E-state index in [-0.39, 0.29) is 18.4 Å². The molecule has 90 valence electrons. The van der Waals surface area contributed by atoms with Crippen LogP contribution in [0.25, 0.3) is 0 Å². The summed E-state index contributed by atoms with van der Waals surface area (Å²) >= 11 is 0. The molecule has 1 rings (SSSR count). The standard InChI is InChI=1S/C10H16N2O4/c1-2-3-4-7-10(16)12(6-9(14)15)5-8(13)11-7/h7H,2-6H2,1H3,(H,11,13)(H,14,15). The lowest BCUT2D eigenvalue weighted by molar-refractivity contribution is -0.150. The molecule has 0 aromatic rings. The molecule has 0 radical (unpaired) electrons. The van der Waals surface area contributed by atoms with E-state index in [1.165, 1.54) is 0 Å². The van der Waals surface area contributed by atoms with Crippen molar-refractivity contribution in [1.82, 2.24) is 10.2 Å². The second-order valence-electron chi connectivity index (χ2n) is 3.85. The average molecular weight is 228 g/mol. The van der Waals surface area contributed by atoms with Crippen molar-refractivity contribution in [2.75, 3.05) is 13.1 Å². The number of hydrogen-bond acceptors (Lipinski definition) is 3. The van der Waals surface area contributed by atoms with Crippen LogP contribution in [0.3, 0.4) is 0 Å². The summed E-state index contributed by atoms with van der Waals surface area (Å²) in [4.78, 5) is 34.6. The summed E-state index contributed by atoms with van der Waals surface area (Å²) in [6.45, 7) is 1.42. The molecule has 6 heteroatoms. The van der Waals surface area contributed by atoms with E-state index in [0.717, 1.165) is 17.7 Å². The SMILES string of the molecule is CCCCC1NC(=O)CN(CC(=O)O)C1=O. The maximum Gasteiger partial charge on any atom is 0.323 e. The van der Waals surface area contributed by atoms with E-state index in [0.29, 0.717) is 6.42 Å². The van der Waals surface area contributed by atoms with Gasteiger partial charge in [-0.15, -0.1) is 0 Å². The Bertz CT molecular complexity index is 301. The number of piperazine rings is 1. The van der Waals surface area contributed by atoms with E-state index >= 15 is 0 Å². The molecule has 1 aliphatic heterocycles. The zero-order valence-electron chi connectivity index (χ0n) is 9.23. The van der Waals surface area contributed by atoms with Gasteiger partial charge in [-0.05, 0) is 6.42 Å². The van der Waals surface area contributed by atoms with Gasteiger partial charge in [-0.2, -0.15) is 0 Å². The first-order valence-corrected chi connectivity index (χ1v) is 5.34. The molecule has 0 spiro atoms. The minimum absolute atomic E-state index is 0.159. The summed E-state index contributed by atoms with van der Waals surface area (Å²) in [7, 11) is 0. The molecule has 0 aromatic carbocycles. The van der Waals surface area contributed by atoms with Crippen LogP contribution < -0.4 is 5.32 Å². The molecule has 0 aromatic heterocycles. The fraction of sp³-hybridized carbons (Fsp3) is 0.700. The Morgan fingerprint density at radius 1 is 1.56 bits per heavy atom. The number of carboxylic acid groups (broad SMARTS) is 1. The lowest BCUT2D eigenvalue weighted by atomic mass is 10.1. The molecule has 0 bridgehead atoms. The number of unbranched alkanes of at least 4 members (excludes halogenated alkanes) is 1. The Hall–Kier alpha value is -1.59. The monoisotopic (exact) mass is 228 g/mol. The van der Waals surface area contributed by atoms with Crippen molar-refractivity contribution >= 4 is 17.8 Å². The second kappa shape index (κ2) is 5.48. The number of aliphatic carboxylic acids is 1. The zero-order valence-corrected chi connectivity index (χ0v) is 9.23. The number of carbonyl (C=O) groups is 3. The smallest absolute Gasteiger partial charge is 0.323 e. The number of rotatable bonds is 5. The lowest BCUT2D eigenvalue weighted by Gasteiger charge is -2.31. The molecule has 1 saturated heterocycles. The van der Waals surface area contributed by atoms with E-state index < -0.39 is 18.6 Å². The molecule has 2 N–H and O–H groups in total. The highest BCUT2D eigenvalue weighted by Crippen LogP contribution is 2.09. The van der Waals surface area contributed by atoms with Gasteiger partial charge in [-0.1, -0.05) is 19.8 Å². The third-order valence-electron chi connectivity index (χ3n) is 2.45. The third-order valence-corrected chi connectivity index (χ3v) is 2.45. The van der Waals surface area contributed by atoms with Crippen LogP contribution >= 0.6 is 0 Å². The molecule has 1 heterocycles. The number of nitrogens with one attached hydrogen (secondary N) is 1. The van der Waals surface area contributed by atoms with Crippen LogP contribution in [0, 0.1) is 0 Å². The van der Waals surface area contributed by atoms with Gasteiger partial charge in [0.05, 0.1) is 0 Å². The van der Waals surface area contributed by atoms with Gasteiger partial charge in [-0.3, -0.25) is 14.4 Å². The molecule has 1 aliphatic rings. The summed E-state index contributed by atoms with van der Waals surface area (Å²) in [5.41, 5.74) is 0. The van der Waals surface area contributed by atoms with Gasteiger partial charge in [0.2, 0.25) is 11.8 Å². The normalized spacial score (nSPS) is 20.8. The number of amides is 2. The average Bonchev–Trinajstić information content (AvgIpc) is 2.20. The maximum absolute atomic E-state index is 11.8. The van der Waals surface area contributed by atoms with Crippen LogP contribution in [0.4, 0.5) is 0 Å². The Balaban J connectivity index is 2.62. The fourth-order valence-electron chi connectivity index (χ4n) is 1.67. The van der Waals surface area contributed by atoms with E-state index in [1.54, 1.807) is 0 Å². The molecule has 0 aliphatic carbocycles. The summed E-state index contributed by atoms with van der Waals surface area (Å²) < 4.78 is 0. The quantitative estimate of drug-likeness (QED) is 0.669. The first-order chi connectivity index (χ1) is 7.54. The highest BCUT2D eigenvalue weighted by molar-refractivity contribution is 5.96. The van der Waals surface area contributed by atoms with Crippen molar-refractivity contribution < 1.29 is 19.5 Å². The number of nitrogens with zero attached hydrogens (tertiary/aromatic N) is 1. The summed E-state index contributed by atoms with van der Waals surface area (Å²) in [5.74, 6) is -1.69. The van der Waals surface area contributed by atoms with Gasteiger partial charge >= 0.3 is 5.97 Å². The summed E-state index contributed by atoms with van der Waals surface area (Å²) in [6, 6.07) is -0.555. The van der Waals surface area contributed by atoms with Crippen LogP contribution in [0.15, 0.2) is 0 Å². The van der Waals surface area contributed by atoms with Crippen molar-refractivity contribution in [3.8, 4) is 0 Å². The van der Waals surface area contributed by atoms with Gasteiger partial charge in [0.1, 0.15) is 19.1 Å². The summed E-state index contributed by atoms with van der Waals surface area (Å²) in [5, 5.41) is 11.2. The predicted octanol–water partition coefficient (Wildman–Crippen LogP) is -0.412. The Kier molecular flexibility index (Phi) is 4.28. The van der Waals surface area contributed by atoms with E-state index in [1.807, 2.05) is 6.92 Å². The first-order valence-electron chi connectivity index (χ1n) is 5.34. The van der Waals surface area contributed by atoms with Crippen molar-refractivity contribution in [2.24, 2.45) is 0 Å². The minimum atomic E-state index is -1.10. The van der Waals surface area contributed by atoms with Crippen molar-refractivity contribution in [2.45, 2.75) is 32.2 Å². The van der Waals surface area contributed by atoms with Crippen molar-refractivity contribution in [3.63, 3.8) is 0 Å². The number of carboxylic acids is 1. The minimum Gasteiger partial charge on any atom is -0.480 e. The highest BCUT2D eigenvalue weighted by atomic mass is 16.4. The van der Waals surface area contributed by atoms with E-state index in [9.17, 15) is 14.4 Å². The van der Waals surface area contributed by atoms with Crippen molar-refractivity contribution in [3.05, 3.63) is 0 Å². The van der Waals surface area contributed by atoms with Crippen LogP contribution in [-0.2, 0) is 14.4 Å². The molecule has 1 unspecified atom stereocenters. The molecule has 16 heavy (non-hydrogen) atoms. The summed E-state index contributed by atoms with van der Waals surface area (Å²) in [6.07, 6.45) is 2.33. The molecular formula is C10H16N2O4. The number of hydrogen-bond donors (Lipinski definition) is 2. The van der Waals surface area contributed by atoms with Crippen LogP contribution in [0.1, 0.15) is 26.2 Å². The van der Waals surface area contributed by atoms with Gasteiger partial charge < -0.3 is 15.3 Å². The van der Waals surface area contributed by atoms with Crippen LogP contribution in [0.2, 0.25) is 0 Å². The Morgan fingerprint density at radius 3 is 2.81 bits per heavy atom. The van der Waals surface area contributed by atoms with Gasteiger partial charge in [-0.25, -0.2) is 0 Å². The van der Waals surface area contributed by atoms with E-state index in [4.69, 9.17) is 5.11 Å². The lowest BCUT2D eigenvalue weighted by Crippen LogP contribution is -2.58. The molecule has 2 amide bonds. The largest absolute Gasteiger partial charge is 0.480 e. The first kappa shape index (κ1) is 12.5. The molecule has 0 saturated carbocycles.